The maximum Gasteiger partial charge on any atom is 0.168 e. The van der Waals surface area contributed by atoms with E-state index in [2.05, 4.69) is 45.5 Å². The van der Waals surface area contributed by atoms with Gasteiger partial charge in [0.15, 0.2) is 11.6 Å². The van der Waals surface area contributed by atoms with E-state index >= 15 is 0 Å². The third-order valence-electron chi connectivity index (χ3n) is 4.65. The Labute approximate surface area is 151 Å². The molecular formula is C21H29N3O. The molecule has 134 valence electrons. The number of ether oxygens (including phenoxy) is 1. The summed E-state index contributed by atoms with van der Waals surface area (Å²) in [6.07, 6.45) is 4.43. The Hall–Kier alpha value is -2.07. The minimum absolute atomic E-state index is 0.158. The number of pyridine rings is 1. The molecule has 2 heterocycles. The minimum Gasteiger partial charge on any atom is -0.487 e. The molecule has 2 aromatic rings. The van der Waals surface area contributed by atoms with E-state index in [0.717, 1.165) is 24.7 Å². The van der Waals surface area contributed by atoms with Crippen LogP contribution in [0.2, 0.25) is 0 Å². The molecule has 1 aromatic heterocycles. The van der Waals surface area contributed by atoms with Crippen molar-refractivity contribution in [2.24, 2.45) is 5.92 Å². The number of likely N-dealkylation sites (tertiary alicyclic amines) is 1. The zero-order valence-corrected chi connectivity index (χ0v) is 15.3. The zero-order chi connectivity index (χ0) is 17.5. The van der Waals surface area contributed by atoms with Crippen LogP contribution in [-0.4, -0.2) is 35.6 Å². The highest BCUT2D eigenvalue weighted by Crippen LogP contribution is 2.24. The van der Waals surface area contributed by atoms with Gasteiger partial charge in [-0.2, -0.15) is 0 Å². The fraction of sp³-hybridized carbons (Fsp3) is 0.476. The second-order valence-electron chi connectivity index (χ2n) is 7.10. The van der Waals surface area contributed by atoms with E-state index in [1.807, 2.05) is 32.2 Å². The van der Waals surface area contributed by atoms with Crippen molar-refractivity contribution < 1.29 is 4.74 Å². The van der Waals surface area contributed by atoms with Crippen molar-refractivity contribution in [2.45, 2.75) is 39.3 Å². The molecule has 0 radical (unpaired) electrons. The van der Waals surface area contributed by atoms with Crippen LogP contribution < -0.4 is 10.1 Å². The van der Waals surface area contributed by atoms with Crippen molar-refractivity contribution in [1.82, 2.24) is 9.88 Å². The highest BCUT2D eigenvalue weighted by Gasteiger charge is 2.19. The Kier molecular flexibility index (Phi) is 6.29. The quantitative estimate of drug-likeness (QED) is 0.820. The minimum atomic E-state index is 0.158. The van der Waals surface area contributed by atoms with Gasteiger partial charge in [0.25, 0.3) is 0 Å². The summed E-state index contributed by atoms with van der Waals surface area (Å²) in [5.74, 6) is 2.41. The topological polar surface area (TPSA) is 37.4 Å². The zero-order valence-electron chi connectivity index (χ0n) is 15.3. The Bertz CT molecular complexity index is 637. The molecule has 1 aromatic carbocycles. The Morgan fingerprint density at radius 1 is 1.12 bits per heavy atom. The number of hydrogen-bond donors (Lipinski definition) is 1. The number of anilines is 1. The largest absolute Gasteiger partial charge is 0.487 e. The molecule has 1 N–H and O–H groups in total. The van der Waals surface area contributed by atoms with Gasteiger partial charge < -0.3 is 10.1 Å². The maximum absolute atomic E-state index is 5.84. The van der Waals surface area contributed by atoms with E-state index in [9.17, 15) is 0 Å². The summed E-state index contributed by atoms with van der Waals surface area (Å²) >= 11 is 0. The van der Waals surface area contributed by atoms with Crippen LogP contribution in [0, 0.1) is 5.92 Å². The molecule has 1 aliphatic rings. The summed E-state index contributed by atoms with van der Waals surface area (Å²) in [7, 11) is 0. The lowest BCUT2D eigenvalue weighted by molar-refractivity contribution is 0.182. The monoisotopic (exact) mass is 339 g/mol. The first-order valence-corrected chi connectivity index (χ1v) is 9.32. The van der Waals surface area contributed by atoms with Gasteiger partial charge >= 0.3 is 0 Å². The van der Waals surface area contributed by atoms with Gasteiger partial charge in [0, 0.05) is 19.3 Å². The smallest absolute Gasteiger partial charge is 0.168 e. The lowest BCUT2D eigenvalue weighted by Gasteiger charge is -2.32. The van der Waals surface area contributed by atoms with Crippen LogP contribution in [0.3, 0.4) is 0 Å². The van der Waals surface area contributed by atoms with Crippen LogP contribution in [0.25, 0.3) is 0 Å². The molecule has 4 heteroatoms. The van der Waals surface area contributed by atoms with Gasteiger partial charge in [-0.1, -0.05) is 30.3 Å². The predicted molar refractivity (Wildman–Crippen MR) is 103 cm³/mol. The Morgan fingerprint density at radius 2 is 1.88 bits per heavy atom. The first-order valence-electron chi connectivity index (χ1n) is 9.32. The summed E-state index contributed by atoms with van der Waals surface area (Å²) in [6, 6.07) is 14.7. The molecule has 0 saturated carbocycles. The number of rotatable bonds is 7. The fourth-order valence-electron chi connectivity index (χ4n) is 3.30. The highest BCUT2D eigenvalue weighted by atomic mass is 16.5. The summed E-state index contributed by atoms with van der Waals surface area (Å²) < 4.78 is 5.84. The molecule has 0 unspecified atom stereocenters. The van der Waals surface area contributed by atoms with Crippen LogP contribution in [0.1, 0.15) is 32.3 Å². The van der Waals surface area contributed by atoms with Gasteiger partial charge in [0.2, 0.25) is 0 Å². The van der Waals surface area contributed by atoms with Crippen molar-refractivity contribution in [3.05, 3.63) is 54.2 Å². The first kappa shape index (κ1) is 17.7. The second-order valence-corrected chi connectivity index (χ2v) is 7.10. The van der Waals surface area contributed by atoms with E-state index in [1.54, 1.807) is 0 Å². The van der Waals surface area contributed by atoms with Crippen LogP contribution in [0.5, 0.6) is 5.75 Å². The average Bonchev–Trinajstić information content (AvgIpc) is 2.63. The SMILES string of the molecule is CC(C)Oc1cccnc1NCC1CCN(Cc2ccccc2)CC1. The van der Waals surface area contributed by atoms with Crippen molar-refractivity contribution in [3.63, 3.8) is 0 Å². The third kappa shape index (κ3) is 5.46. The average molecular weight is 339 g/mol. The van der Waals surface area contributed by atoms with Crippen molar-refractivity contribution in [3.8, 4) is 5.75 Å². The lowest BCUT2D eigenvalue weighted by atomic mass is 9.96. The molecule has 0 amide bonds. The van der Waals surface area contributed by atoms with E-state index in [1.165, 1.54) is 31.5 Å². The van der Waals surface area contributed by atoms with Crippen LogP contribution in [0.15, 0.2) is 48.7 Å². The number of nitrogens with zero attached hydrogens (tertiary/aromatic N) is 2. The lowest BCUT2D eigenvalue weighted by Crippen LogP contribution is -2.35. The van der Waals surface area contributed by atoms with E-state index in [4.69, 9.17) is 4.74 Å². The van der Waals surface area contributed by atoms with E-state index in [0.29, 0.717) is 5.92 Å². The molecule has 1 saturated heterocycles. The van der Waals surface area contributed by atoms with E-state index in [-0.39, 0.29) is 6.10 Å². The molecule has 0 aliphatic carbocycles. The Morgan fingerprint density at radius 3 is 2.60 bits per heavy atom. The molecule has 1 fully saturated rings. The van der Waals surface area contributed by atoms with Crippen LogP contribution >= 0.6 is 0 Å². The van der Waals surface area contributed by atoms with Crippen molar-refractivity contribution in [1.29, 1.82) is 0 Å². The third-order valence-corrected chi connectivity index (χ3v) is 4.65. The van der Waals surface area contributed by atoms with Gasteiger partial charge in [0.05, 0.1) is 6.10 Å². The number of hydrogen-bond acceptors (Lipinski definition) is 4. The summed E-state index contributed by atoms with van der Waals surface area (Å²) in [5.41, 5.74) is 1.41. The van der Waals surface area contributed by atoms with Crippen LogP contribution in [-0.2, 0) is 6.54 Å². The molecule has 0 bridgehead atoms. The number of nitrogens with one attached hydrogen (secondary N) is 1. The van der Waals surface area contributed by atoms with Crippen LogP contribution in [0.4, 0.5) is 5.82 Å². The number of benzene rings is 1. The van der Waals surface area contributed by atoms with Gasteiger partial charge in [0.1, 0.15) is 0 Å². The molecule has 1 aliphatic heterocycles. The highest BCUT2D eigenvalue weighted by molar-refractivity contribution is 5.49. The molecule has 0 atom stereocenters. The van der Waals surface area contributed by atoms with E-state index < -0.39 is 0 Å². The molecule has 4 nitrogen and oxygen atoms in total. The van der Waals surface area contributed by atoms with Gasteiger partial charge in [-0.25, -0.2) is 4.98 Å². The molecule has 3 rings (SSSR count). The number of aromatic nitrogens is 1. The Balaban J connectivity index is 1.45. The molecular weight excluding hydrogens is 310 g/mol. The fourth-order valence-corrected chi connectivity index (χ4v) is 3.30. The summed E-state index contributed by atoms with van der Waals surface area (Å²) in [5, 5.41) is 3.50. The first-order chi connectivity index (χ1) is 12.2. The standard InChI is InChI=1S/C21H29N3O/c1-17(2)25-20-9-6-12-22-21(20)23-15-18-10-13-24(14-11-18)16-19-7-4-3-5-8-19/h3-9,12,17-18H,10-11,13-16H2,1-2H3,(H,22,23). The van der Waals surface area contributed by atoms with Crippen molar-refractivity contribution in [2.75, 3.05) is 25.0 Å². The normalized spacial score (nSPS) is 16.1. The summed E-state index contributed by atoms with van der Waals surface area (Å²) in [6.45, 7) is 8.44. The van der Waals surface area contributed by atoms with Crippen molar-refractivity contribution >= 4 is 5.82 Å². The van der Waals surface area contributed by atoms with Gasteiger partial charge in [-0.05, 0) is 63.4 Å². The van der Waals surface area contributed by atoms with Gasteiger partial charge in [-0.3, -0.25) is 4.90 Å². The number of piperidine rings is 1. The summed E-state index contributed by atoms with van der Waals surface area (Å²) in [4.78, 5) is 7.00. The van der Waals surface area contributed by atoms with Gasteiger partial charge in [-0.15, -0.1) is 0 Å². The molecule has 25 heavy (non-hydrogen) atoms. The maximum atomic E-state index is 5.84. The molecule has 0 spiro atoms. The second kappa shape index (κ2) is 8.86. The predicted octanol–water partition coefficient (Wildman–Crippen LogP) is 4.19.